The summed E-state index contributed by atoms with van der Waals surface area (Å²) in [4.78, 5) is 26.1. The van der Waals surface area contributed by atoms with Crippen LogP contribution in [0.5, 0.6) is 11.5 Å². The Bertz CT molecular complexity index is 919. The Labute approximate surface area is 165 Å². The number of rotatable bonds is 3. The summed E-state index contributed by atoms with van der Waals surface area (Å²) in [6.45, 7) is 8.52. The lowest BCUT2D eigenvalue weighted by atomic mass is 9.64. The molecule has 1 heterocycles. The maximum Gasteiger partial charge on any atom is 0.334 e. The number of carbonyl (C=O) groups excluding carboxylic acids is 2. The van der Waals surface area contributed by atoms with Crippen molar-refractivity contribution in [3.63, 3.8) is 0 Å². The molecule has 5 heteroatoms. The number of fused-ring (bicyclic) bond motifs is 1. The molecule has 0 saturated carbocycles. The number of ketones is 1. The van der Waals surface area contributed by atoms with Crippen molar-refractivity contribution in [3.05, 3.63) is 46.1 Å². The fourth-order valence-corrected chi connectivity index (χ4v) is 4.72. The Hall–Kier alpha value is -2.56. The van der Waals surface area contributed by atoms with E-state index >= 15 is 0 Å². The fraction of sp³-hybridized carbons (Fsp3) is 0.478. The average molecular weight is 382 g/mol. The number of Topliss-reactive ketones (excluding diaryl/α,β-unsaturated/α-hetero) is 1. The molecule has 28 heavy (non-hydrogen) atoms. The lowest BCUT2D eigenvalue weighted by Crippen LogP contribution is -2.33. The highest BCUT2D eigenvalue weighted by Gasteiger charge is 2.43. The summed E-state index contributed by atoms with van der Waals surface area (Å²) < 4.78 is 16.3. The van der Waals surface area contributed by atoms with E-state index in [-0.39, 0.29) is 24.0 Å². The van der Waals surface area contributed by atoms with Crippen LogP contribution in [0.4, 0.5) is 0 Å². The van der Waals surface area contributed by atoms with E-state index in [4.69, 9.17) is 14.2 Å². The van der Waals surface area contributed by atoms with Gasteiger partial charge in [0, 0.05) is 23.5 Å². The second kappa shape index (κ2) is 6.80. The third kappa shape index (κ3) is 3.13. The summed E-state index contributed by atoms with van der Waals surface area (Å²) in [7, 11) is 0. The largest absolute Gasteiger partial charge is 0.463 e. The molecule has 148 valence electrons. The molecule has 0 N–H and O–H groups in total. The molecule has 4 rings (SSSR count). The third-order valence-corrected chi connectivity index (χ3v) is 5.75. The Morgan fingerprint density at radius 1 is 1.21 bits per heavy atom. The van der Waals surface area contributed by atoms with Crippen molar-refractivity contribution in [1.29, 1.82) is 0 Å². The molecule has 0 spiro atoms. The Balaban J connectivity index is 1.87. The summed E-state index contributed by atoms with van der Waals surface area (Å²) in [5.41, 5.74) is 4.29. The number of ether oxygens (including phenoxy) is 3. The van der Waals surface area contributed by atoms with E-state index in [1.54, 1.807) is 6.92 Å². The van der Waals surface area contributed by atoms with Gasteiger partial charge in [-0.25, -0.2) is 4.79 Å². The number of hydrogen-bond donors (Lipinski definition) is 0. The standard InChI is InChI=1S/C23H26O5/c1-5-26-22(25)19-13(2)8-15-10-23(3,4)11-16(24)20(15)21(19)14-6-7-17-18(9-14)28-12-27-17/h6-7,9,21H,5,8,10-12H2,1-4H3/t21-/m0/s1. The van der Waals surface area contributed by atoms with Gasteiger partial charge in [0.05, 0.1) is 6.61 Å². The van der Waals surface area contributed by atoms with Gasteiger partial charge in [-0.3, -0.25) is 4.79 Å². The lowest BCUT2D eigenvalue weighted by molar-refractivity contribution is -0.138. The normalized spacial score (nSPS) is 23.0. The zero-order chi connectivity index (χ0) is 20.1. The van der Waals surface area contributed by atoms with Gasteiger partial charge in [0.25, 0.3) is 0 Å². The van der Waals surface area contributed by atoms with Crippen molar-refractivity contribution < 1.29 is 23.8 Å². The predicted molar refractivity (Wildman–Crippen MR) is 104 cm³/mol. The second-order valence-corrected chi connectivity index (χ2v) is 8.60. The Kier molecular flexibility index (Phi) is 4.56. The highest BCUT2D eigenvalue weighted by Crippen LogP contribution is 2.51. The van der Waals surface area contributed by atoms with Gasteiger partial charge >= 0.3 is 5.97 Å². The summed E-state index contributed by atoms with van der Waals surface area (Å²) in [5, 5.41) is 0. The van der Waals surface area contributed by atoms with Gasteiger partial charge < -0.3 is 14.2 Å². The van der Waals surface area contributed by atoms with Crippen LogP contribution >= 0.6 is 0 Å². The van der Waals surface area contributed by atoms with Gasteiger partial charge in [0.1, 0.15) is 0 Å². The first kappa shape index (κ1) is 18.8. The number of allylic oxidation sites excluding steroid dienone is 3. The molecule has 1 aromatic rings. The van der Waals surface area contributed by atoms with Crippen molar-refractivity contribution in [2.24, 2.45) is 5.41 Å². The third-order valence-electron chi connectivity index (χ3n) is 5.75. The maximum atomic E-state index is 13.2. The fourth-order valence-electron chi connectivity index (χ4n) is 4.72. The van der Waals surface area contributed by atoms with Gasteiger partial charge in [-0.15, -0.1) is 0 Å². The molecule has 0 radical (unpaired) electrons. The summed E-state index contributed by atoms with van der Waals surface area (Å²) in [6.07, 6.45) is 2.00. The van der Waals surface area contributed by atoms with E-state index in [0.29, 0.717) is 36.5 Å². The van der Waals surface area contributed by atoms with Crippen LogP contribution in [0.25, 0.3) is 0 Å². The number of hydrogen-bond acceptors (Lipinski definition) is 5. The zero-order valence-electron chi connectivity index (χ0n) is 16.9. The molecule has 5 nitrogen and oxygen atoms in total. The molecule has 3 aliphatic rings. The molecule has 1 aliphatic heterocycles. The molecule has 0 aromatic heterocycles. The summed E-state index contributed by atoms with van der Waals surface area (Å²) >= 11 is 0. The van der Waals surface area contributed by atoms with E-state index in [9.17, 15) is 9.59 Å². The smallest absolute Gasteiger partial charge is 0.334 e. The Morgan fingerprint density at radius 3 is 2.71 bits per heavy atom. The number of carbonyl (C=O) groups is 2. The minimum Gasteiger partial charge on any atom is -0.463 e. The van der Waals surface area contributed by atoms with Crippen LogP contribution in [0.1, 0.15) is 58.4 Å². The van der Waals surface area contributed by atoms with E-state index in [1.807, 2.05) is 25.1 Å². The van der Waals surface area contributed by atoms with Crippen molar-refractivity contribution in [1.82, 2.24) is 0 Å². The first-order chi connectivity index (χ1) is 13.3. The summed E-state index contributed by atoms with van der Waals surface area (Å²) in [6, 6.07) is 5.66. The van der Waals surface area contributed by atoms with Gasteiger partial charge in [-0.2, -0.15) is 0 Å². The van der Waals surface area contributed by atoms with Crippen molar-refractivity contribution in [2.75, 3.05) is 13.4 Å². The highest BCUT2D eigenvalue weighted by atomic mass is 16.7. The van der Waals surface area contributed by atoms with E-state index in [1.165, 1.54) is 0 Å². The van der Waals surface area contributed by atoms with Crippen molar-refractivity contribution >= 4 is 11.8 Å². The molecule has 2 aliphatic carbocycles. The molecule has 1 atom stereocenters. The average Bonchev–Trinajstić information content (AvgIpc) is 3.07. The number of benzene rings is 1. The zero-order valence-corrected chi connectivity index (χ0v) is 16.9. The van der Waals surface area contributed by atoms with E-state index in [2.05, 4.69) is 13.8 Å². The molecule has 0 unspecified atom stereocenters. The quantitative estimate of drug-likeness (QED) is 0.722. The van der Waals surface area contributed by atoms with Gasteiger partial charge in [0.2, 0.25) is 6.79 Å². The van der Waals surface area contributed by atoms with Gasteiger partial charge in [-0.05, 0) is 49.8 Å². The van der Waals surface area contributed by atoms with Gasteiger partial charge in [-0.1, -0.05) is 31.1 Å². The predicted octanol–water partition coefficient (Wildman–Crippen LogP) is 4.47. The minimum atomic E-state index is -0.416. The number of esters is 1. The molecule has 0 bridgehead atoms. The van der Waals surface area contributed by atoms with Crippen LogP contribution in [-0.4, -0.2) is 25.2 Å². The van der Waals surface area contributed by atoms with Crippen molar-refractivity contribution in [3.8, 4) is 11.5 Å². The molecule has 1 aromatic carbocycles. The molecule has 0 fully saturated rings. The Morgan fingerprint density at radius 2 is 1.96 bits per heavy atom. The van der Waals surface area contributed by atoms with Crippen LogP contribution in [-0.2, 0) is 14.3 Å². The van der Waals surface area contributed by atoms with Crippen molar-refractivity contribution in [2.45, 2.75) is 52.9 Å². The maximum absolute atomic E-state index is 13.2. The molecule has 0 amide bonds. The topological polar surface area (TPSA) is 61.8 Å². The first-order valence-corrected chi connectivity index (χ1v) is 9.82. The van der Waals surface area contributed by atoms with E-state index in [0.717, 1.165) is 28.7 Å². The first-order valence-electron chi connectivity index (χ1n) is 9.82. The van der Waals surface area contributed by atoms with Crippen LogP contribution in [0.15, 0.2) is 40.5 Å². The SMILES string of the molecule is CCOC(=O)C1=C(C)CC2=C(C(=O)CC(C)(C)C2)[C@H]1c1ccc2c(c1)OCO2. The van der Waals surface area contributed by atoms with Crippen LogP contribution in [0, 0.1) is 5.41 Å². The second-order valence-electron chi connectivity index (χ2n) is 8.60. The molecular formula is C23H26O5. The minimum absolute atomic E-state index is 0.0585. The van der Waals surface area contributed by atoms with Crippen LogP contribution in [0.2, 0.25) is 0 Å². The van der Waals surface area contributed by atoms with Crippen LogP contribution in [0.3, 0.4) is 0 Å². The molecular weight excluding hydrogens is 356 g/mol. The molecule has 0 saturated heterocycles. The monoisotopic (exact) mass is 382 g/mol. The lowest BCUT2D eigenvalue weighted by Gasteiger charge is -2.39. The van der Waals surface area contributed by atoms with Crippen LogP contribution < -0.4 is 9.47 Å². The van der Waals surface area contributed by atoms with E-state index < -0.39 is 5.92 Å². The summed E-state index contributed by atoms with van der Waals surface area (Å²) in [5.74, 6) is 0.703. The van der Waals surface area contributed by atoms with Gasteiger partial charge in [0.15, 0.2) is 17.3 Å². The highest BCUT2D eigenvalue weighted by molar-refractivity contribution is 6.04.